The van der Waals surface area contributed by atoms with Gasteiger partial charge < -0.3 is 9.80 Å². The van der Waals surface area contributed by atoms with Crippen molar-refractivity contribution in [3.8, 4) is 0 Å². The molecule has 23 heavy (non-hydrogen) atoms. The van der Waals surface area contributed by atoms with Gasteiger partial charge in [0.05, 0.1) is 10.8 Å². The predicted octanol–water partition coefficient (Wildman–Crippen LogP) is 1.90. The van der Waals surface area contributed by atoms with Gasteiger partial charge in [-0.3, -0.25) is 19.7 Å². The second-order valence-electron chi connectivity index (χ2n) is 5.40. The van der Waals surface area contributed by atoms with Gasteiger partial charge in [0.2, 0.25) is 5.91 Å². The molecule has 124 valence electrons. The van der Waals surface area contributed by atoms with E-state index >= 15 is 0 Å². The number of nitro benzene ring substituents is 1. The Morgan fingerprint density at radius 3 is 2.78 bits per heavy atom. The topological polar surface area (TPSA) is 83.8 Å². The highest BCUT2D eigenvalue weighted by atomic mass is 32.2. The van der Waals surface area contributed by atoms with Gasteiger partial charge in [-0.1, -0.05) is 6.07 Å². The Morgan fingerprint density at radius 1 is 1.48 bits per heavy atom. The number of aryl methyl sites for hydroxylation is 1. The summed E-state index contributed by atoms with van der Waals surface area (Å²) in [5.41, 5.74) is 0.652. The van der Waals surface area contributed by atoms with Crippen molar-refractivity contribution >= 4 is 29.3 Å². The van der Waals surface area contributed by atoms with Crippen molar-refractivity contribution in [2.24, 2.45) is 0 Å². The molecule has 0 spiro atoms. The third-order valence-electron chi connectivity index (χ3n) is 3.93. The minimum Gasteiger partial charge on any atom is -0.344 e. The highest BCUT2D eigenvalue weighted by molar-refractivity contribution is 7.99. The SMILES string of the molecule is CCN(C)C(=O)[C@@H]1CSCN1C(=O)c1ccc(C)c([N+](=O)[O-])c1. The van der Waals surface area contributed by atoms with E-state index in [1.165, 1.54) is 22.7 Å². The summed E-state index contributed by atoms with van der Waals surface area (Å²) >= 11 is 1.51. The zero-order chi connectivity index (χ0) is 17.1. The number of benzene rings is 1. The Bertz CT molecular complexity index is 650. The minimum atomic E-state index is -0.516. The fourth-order valence-corrected chi connectivity index (χ4v) is 3.51. The molecule has 1 aromatic rings. The van der Waals surface area contributed by atoms with Gasteiger partial charge in [-0.2, -0.15) is 0 Å². The first-order valence-corrected chi connectivity index (χ1v) is 8.41. The smallest absolute Gasteiger partial charge is 0.273 e. The summed E-state index contributed by atoms with van der Waals surface area (Å²) < 4.78 is 0. The predicted molar refractivity (Wildman–Crippen MR) is 88.4 cm³/mol. The number of amides is 2. The molecule has 0 N–H and O–H groups in total. The standard InChI is InChI=1S/C15H19N3O4S/c1-4-16(3)15(20)13-8-23-9-17(13)14(19)11-6-5-10(2)12(7-11)18(21)22/h5-7,13H,4,8-9H2,1-3H3/t13-/m0/s1. The third kappa shape index (κ3) is 3.47. The lowest BCUT2D eigenvalue weighted by atomic mass is 10.1. The molecule has 0 saturated carbocycles. The average molecular weight is 337 g/mol. The van der Waals surface area contributed by atoms with Gasteiger partial charge in [0.1, 0.15) is 6.04 Å². The van der Waals surface area contributed by atoms with Crippen LogP contribution in [-0.4, -0.2) is 57.8 Å². The highest BCUT2D eigenvalue weighted by Gasteiger charge is 2.36. The zero-order valence-electron chi connectivity index (χ0n) is 13.3. The molecule has 2 amide bonds. The molecule has 1 fully saturated rings. The van der Waals surface area contributed by atoms with Crippen LogP contribution < -0.4 is 0 Å². The van der Waals surface area contributed by atoms with Gasteiger partial charge in [0.25, 0.3) is 11.6 Å². The van der Waals surface area contributed by atoms with Crippen LogP contribution in [0.25, 0.3) is 0 Å². The lowest BCUT2D eigenvalue weighted by molar-refractivity contribution is -0.385. The van der Waals surface area contributed by atoms with Gasteiger partial charge in [0, 0.05) is 36.5 Å². The Kier molecular flexibility index (Phi) is 5.25. The molecule has 7 nitrogen and oxygen atoms in total. The second-order valence-corrected chi connectivity index (χ2v) is 6.40. The first kappa shape index (κ1) is 17.3. The van der Waals surface area contributed by atoms with Crippen LogP contribution in [0.5, 0.6) is 0 Å². The molecule has 0 aliphatic carbocycles. The zero-order valence-corrected chi connectivity index (χ0v) is 14.1. The highest BCUT2D eigenvalue weighted by Crippen LogP contribution is 2.26. The molecule has 1 aromatic carbocycles. The van der Waals surface area contributed by atoms with Crippen molar-refractivity contribution in [2.75, 3.05) is 25.2 Å². The number of thioether (sulfide) groups is 1. The van der Waals surface area contributed by atoms with E-state index in [0.29, 0.717) is 23.7 Å². The number of nitro groups is 1. The number of hydrogen-bond acceptors (Lipinski definition) is 5. The molecular weight excluding hydrogens is 318 g/mol. The fraction of sp³-hybridized carbons (Fsp3) is 0.467. The van der Waals surface area contributed by atoms with Crippen LogP contribution in [0.3, 0.4) is 0 Å². The summed E-state index contributed by atoms with van der Waals surface area (Å²) in [5.74, 6) is 0.505. The Balaban J connectivity index is 2.27. The molecular formula is C15H19N3O4S. The Hall–Kier alpha value is -2.09. The van der Waals surface area contributed by atoms with Gasteiger partial charge in [-0.25, -0.2) is 0 Å². The maximum Gasteiger partial charge on any atom is 0.273 e. The second kappa shape index (κ2) is 6.99. The molecule has 0 radical (unpaired) electrons. The molecule has 1 aliphatic rings. The van der Waals surface area contributed by atoms with Crippen molar-refractivity contribution in [3.63, 3.8) is 0 Å². The van der Waals surface area contributed by atoms with Gasteiger partial charge in [-0.15, -0.1) is 11.8 Å². The molecule has 0 unspecified atom stereocenters. The molecule has 1 aliphatic heterocycles. The first-order valence-electron chi connectivity index (χ1n) is 7.25. The number of hydrogen-bond donors (Lipinski definition) is 0. The van der Waals surface area contributed by atoms with Crippen LogP contribution in [-0.2, 0) is 4.79 Å². The first-order chi connectivity index (χ1) is 10.9. The van der Waals surface area contributed by atoms with E-state index in [9.17, 15) is 19.7 Å². The molecule has 0 aromatic heterocycles. The largest absolute Gasteiger partial charge is 0.344 e. The van der Waals surface area contributed by atoms with E-state index in [1.807, 2.05) is 6.92 Å². The van der Waals surface area contributed by atoms with Crippen LogP contribution in [0.1, 0.15) is 22.8 Å². The summed E-state index contributed by atoms with van der Waals surface area (Å²) in [5, 5.41) is 11.0. The maximum atomic E-state index is 12.7. The number of carbonyl (C=O) groups excluding carboxylic acids is 2. The molecule has 1 heterocycles. The van der Waals surface area contributed by atoms with E-state index in [0.717, 1.165) is 0 Å². The number of rotatable bonds is 4. The van der Waals surface area contributed by atoms with Crippen LogP contribution in [0.2, 0.25) is 0 Å². The van der Waals surface area contributed by atoms with E-state index in [2.05, 4.69) is 0 Å². The summed E-state index contributed by atoms with van der Waals surface area (Å²) in [6.45, 7) is 4.06. The van der Waals surface area contributed by atoms with E-state index in [-0.39, 0.29) is 23.1 Å². The van der Waals surface area contributed by atoms with Crippen molar-refractivity contribution in [2.45, 2.75) is 19.9 Å². The number of likely N-dealkylation sites (N-methyl/N-ethyl adjacent to an activating group) is 1. The Labute approximate surface area is 138 Å². The van der Waals surface area contributed by atoms with Gasteiger partial charge >= 0.3 is 0 Å². The summed E-state index contributed by atoms with van der Waals surface area (Å²) in [6, 6.07) is 3.89. The summed E-state index contributed by atoms with van der Waals surface area (Å²) in [7, 11) is 1.70. The van der Waals surface area contributed by atoms with Crippen LogP contribution >= 0.6 is 11.8 Å². The normalized spacial score (nSPS) is 17.2. The lowest BCUT2D eigenvalue weighted by Gasteiger charge is -2.26. The number of carbonyl (C=O) groups is 2. The van der Waals surface area contributed by atoms with Crippen molar-refractivity contribution in [1.29, 1.82) is 0 Å². The molecule has 2 rings (SSSR count). The van der Waals surface area contributed by atoms with E-state index < -0.39 is 11.0 Å². The Morgan fingerprint density at radius 2 is 2.17 bits per heavy atom. The lowest BCUT2D eigenvalue weighted by Crippen LogP contribution is -2.47. The quantitative estimate of drug-likeness (QED) is 0.619. The number of nitrogens with zero attached hydrogens (tertiary/aromatic N) is 3. The minimum absolute atomic E-state index is 0.0868. The van der Waals surface area contributed by atoms with Crippen LogP contribution in [0, 0.1) is 17.0 Å². The molecule has 8 heteroatoms. The maximum absolute atomic E-state index is 12.7. The van der Waals surface area contributed by atoms with E-state index in [4.69, 9.17) is 0 Å². The molecule has 0 bridgehead atoms. The van der Waals surface area contributed by atoms with Crippen LogP contribution in [0.15, 0.2) is 18.2 Å². The fourth-order valence-electron chi connectivity index (χ4n) is 2.36. The summed E-state index contributed by atoms with van der Waals surface area (Å²) in [4.78, 5) is 38.6. The van der Waals surface area contributed by atoms with Crippen LogP contribution in [0.4, 0.5) is 5.69 Å². The van der Waals surface area contributed by atoms with Crippen molar-refractivity contribution in [1.82, 2.24) is 9.80 Å². The molecule has 1 saturated heterocycles. The third-order valence-corrected chi connectivity index (χ3v) is 4.94. The average Bonchev–Trinajstić information content (AvgIpc) is 3.02. The molecule has 1 atom stereocenters. The van der Waals surface area contributed by atoms with Crippen molar-refractivity contribution < 1.29 is 14.5 Å². The summed E-state index contributed by atoms with van der Waals surface area (Å²) in [6.07, 6.45) is 0. The van der Waals surface area contributed by atoms with Gasteiger partial charge in [-0.05, 0) is 19.9 Å². The monoisotopic (exact) mass is 337 g/mol. The van der Waals surface area contributed by atoms with E-state index in [1.54, 1.807) is 31.0 Å². The van der Waals surface area contributed by atoms with Crippen molar-refractivity contribution in [3.05, 3.63) is 39.4 Å². The van der Waals surface area contributed by atoms with Gasteiger partial charge in [0.15, 0.2) is 0 Å².